The Morgan fingerprint density at radius 2 is 2.04 bits per heavy atom. The van der Waals surface area contributed by atoms with Crippen LogP contribution in [0.3, 0.4) is 0 Å². The van der Waals surface area contributed by atoms with Crippen LogP contribution in [0, 0.1) is 5.92 Å². The van der Waals surface area contributed by atoms with E-state index in [0.29, 0.717) is 37.7 Å². The molecule has 2 fully saturated rings. The van der Waals surface area contributed by atoms with Crippen LogP contribution in [-0.2, 0) is 9.59 Å². The van der Waals surface area contributed by atoms with E-state index in [1.165, 1.54) is 0 Å². The summed E-state index contributed by atoms with van der Waals surface area (Å²) in [5, 5.41) is 6.19. The third-order valence-corrected chi connectivity index (χ3v) is 4.77. The molecule has 0 saturated carbocycles. The van der Waals surface area contributed by atoms with Gasteiger partial charge >= 0.3 is 0 Å². The monoisotopic (exact) mass is 331 g/mol. The van der Waals surface area contributed by atoms with Gasteiger partial charge in [-0.05, 0) is 31.5 Å². The summed E-state index contributed by atoms with van der Waals surface area (Å²) < 4.78 is 11.1. The molecular formula is C17H21N3O4. The second-order valence-corrected chi connectivity index (χ2v) is 6.36. The lowest BCUT2D eigenvalue weighted by Crippen LogP contribution is -2.42. The van der Waals surface area contributed by atoms with Gasteiger partial charge < -0.3 is 25.0 Å². The predicted octanol–water partition coefficient (Wildman–Crippen LogP) is 0.289. The van der Waals surface area contributed by atoms with Gasteiger partial charge in [-0.3, -0.25) is 9.59 Å². The molecule has 3 heterocycles. The quantitative estimate of drug-likeness (QED) is 0.778. The van der Waals surface area contributed by atoms with E-state index in [1.807, 2.05) is 18.2 Å². The van der Waals surface area contributed by atoms with Gasteiger partial charge in [0, 0.05) is 30.9 Å². The van der Waals surface area contributed by atoms with Crippen molar-refractivity contribution in [2.24, 2.45) is 5.92 Å². The van der Waals surface area contributed by atoms with Gasteiger partial charge in [-0.15, -0.1) is 0 Å². The molecule has 2 N–H and O–H groups in total. The third kappa shape index (κ3) is 2.80. The minimum Gasteiger partial charge on any atom is -0.486 e. The van der Waals surface area contributed by atoms with Crippen LogP contribution >= 0.6 is 0 Å². The number of hydrogen-bond acceptors (Lipinski definition) is 5. The average Bonchev–Trinajstić information content (AvgIpc) is 3.24. The lowest BCUT2D eigenvalue weighted by Gasteiger charge is -2.22. The zero-order valence-electron chi connectivity index (χ0n) is 13.4. The van der Waals surface area contributed by atoms with Crippen molar-refractivity contribution in [1.29, 1.82) is 0 Å². The van der Waals surface area contributed by atoms with Gasteiger partial charge in [0.1, 0.15) is 19.1 Å². The van der Waals surface area contributed by atoms with Gasteiger partial charge in [0.15, 0.2) is 11.5 Å². The smallest absolute Gasteiger partial charge is 0.239 e. The predicted molar refractivity (Wildman–Crippen MR) is 87.3 cm³/mol. The molecule has 2 amide bonds. The molecule has 2 saturated heterocycles. The fourth-order valence-electron chi connectivity index (χ4n) is 3.46. The minimum atomic E-state index is -0.598. The minimum absolute atomic E-state index is 0.133. The first-order chi connectivity index (χ1) is 11.7. The molecule has 0 spiro atoms. The van der Waals surface area contributed by atoms with Crippen molar-refractivity contribution in [2.75, 3.05) is 37.7 Å². The second-order valence-electron chi connectivity index (χ2n) is 6.36. The highest BCUT2D eigenvalue weighted by Gasteiger charge is 2.38. The highest BCUT2D eigenvalue weighted by molar-refractivity contribution is 6.09. The Kier molecular flexibility index (Phi) is 4.02. The van der Waals surface area contributed by atoms with Crippen molar-refractivity contribution < 1.29 is 19.1 Å². The van der Waals surface area contributed by atoms with Crippen LogP contribution in [0.4, 0.5) is 5.69 Å². The van der Waals surface area contributed by atoms with E-state index in [2.05, 4.69) is 10.6 Å². The summed E-state index contributed by atoms with van der Waals surface area (Å²) in [7, 11) is 0. The number of ether oxygens (including phenoxy) is 2. The number of rotatable bonds is 3. The maximum Gasteiger partial charge on any atom is 0.239 e. The van der Waals surface area contributed by atoms with Gasteiger partial charge in [-0.25, -0.2) is 0 Å². The Labute approximate surface area is 140 Å². The Balaban J connectivity index is 1.45. The van der Waals surface area contributed by atoms with Crippen molar-refractivity contribution in [3.05, 3.63) is 18.2 Å². The zero-order chi connectivity index (χ0) is 16.5. The number of nitrogens with zero attached hydrogens (tertiary/aromatic N) is 1. The largest absolute Gasteiger partial charge is 0.486 e. The summed E-state index contributed by atoms with van der Waals surface area (Å²) in [4.78, 5) is 26.7. The number of nitrogens with one attached hydrogen (secondary N) is 2. The van der Waals surface area contributed by atoms with E-state index in [1.54, 1.807) is 4.90 Å². The van der Waals surface area contributed by atoms with Crippen molar-refractivity contribution >= 4 is 17.5 Å². The van der Waals surface area contributed by atoms with Crippen LogP contribution in [0.1, 0.15) is 12.8 Å². The summed E-state index contributed by atoms with van der Waals surface area (Å²) in [6.45, 7) is 3.27. The molecule has 7 heteroatoms. The van der Waals surface area contributed by atoms with Gasteiger partial charge in [0.05, 0.1) is 0 Å². The Morgan fingerprint density at radius 1 is 1.21 bits per heavy atom. The van der Waals surface area contributed by atoms with Crippen LogP contribution in [0.25, 0.3) is 0 Å². The Bertz CT molecular complexity index is 657. The molecule has 1 aromatic carbocycles. The summed E-state index contributed by atoms with van der Waals surface area (Å²) in [5.41, 5.74) is 0.752. The molecule has 2 atom stereocenters. The molecular weight excluding hydrogens is 310 g/mol. The van der Waals surface area contributed by atoms with Crippen molar-refractivity contribution in [3.8, 4) is 11.5 Å². The summed E-state index contributed by atoms with van der Waals surface area (Å²) >= 11 is 0. The molecule has 3 aliphatic heterocycles. The van der Waals surface area contributed by atoms with Gasteiger partial charge in [0.25, 0.3) is 0 Å². The highest BCUT2D eigenvalue weighted by atomic mass is 16.6. The molecule has 4 rings (SSSR count). The molecule has 0 radical (unpaired) electrons. The van der Waals surface area contributed by atoms with Gasteiger partial charge in [-0.1, -0.05) is 0 Å². The molecule has 0 bridgehead atoms. The number of anilines is 1. The molecule has 2 unspecified atom stereocenters. The van der Waals surface area contributed by atoms with Crippen molar-refractivity contribution in [1.82, 2.24) is 10.6 Å². The molecule has 128 valence electrons. The number of carbonyl (C=O) groups is 2. The second kappa shape index (κ2) is 6.32. The normalized spacial score (nSPS) is 25.8. The number of hydrogen-bond donors (Lipinski definition) is 2. The van der Waals surface area contributed by atoms with Gasteiger partial charge in [-0.2, -0.15) is 0 Å². The molecule has 7 nitrogen and oxygen atoms in total. The molecule has 3 aliphatic rings. The first-order valence-corrected chi connectivity index (χ1v) is 8.44. The number of fused-ring (bicyclic) bond motifs is 1. The fourth-order valence-corrected chi connectivity index (χ4v) is 3.46. The topological polar surface area (TPSA) is 79.9 Å². The van der Waals surface area contributed by atoms with E-state index in [4.69, 9.17) is 9.47 Å². The average molecular weight is 331 g/mol. The summed E-state index contributed by atoms with van der Waals surface area (Å²) in [5.74, 6) is 0.443. The standard InChI is InChI=1S/C17H21N3O4/c21-16(19-11-3-5-18-10-11)13-4-6-20(17(13)22)12-1-2-14-15(9-12)24-8-7-23-14/h1-2,9,11,13,18H,3-8,10H2,(H,19,21). The van der Waals surface area contributed by atoms with E-state index < -0.39 is 5.92 Å². The van der Waals surface area contributed by atoms with Crippen LogP contribution in [0.2, 0.25) is 0 Å². The molecule has 0 aliphatic carbocycles. The van der Waals surface area contributed by atoms with Crippen LogP contribution in [0.5, 0.6) is 11.5 Å². The van der Waals surface area contributed by atoms with Crippen LogP contribution < -0.4 is 25.0 Å². The summed E-state index contributed by atoms with van der Waals surface area (Å²) in [6, 6.07) is 5.60. The third-order valence-electron chi connectivity index (χ3n) is 4.77. The zero-order valence-corrected chi connectivity index (χ0v) is 13.4. The number of carbonyl (C=O) groups excluding carboxylic acids is 2. The Morgan fingerprint density at radius 3 is 2.83 bits per heavy atom. The summed E-state index contributed by atoms with van der Waals surface area (Å²) in [6.07, 6.45) is 1.46. The molecule has 24 heavy (non-hydrogen) atoms. The lowest BCUT2D eigenvalue weighted by molar-refractivity contribution is -0.132. The van der Waals surface area contributed by atoms with Crippen LogP contribution in [-0.4, -0.2) is 50.7 Å². The van der Waals surface area contributed by atoms with Gasteiger partial charge in [0.2, 0.25) is 11.8 Å². The van der Waals surface area contributed by atoms with E-state index in [0.717, 1.165) is 25.2 Å². The van der Waals surface area contributed by atoms with E-state index in [-0.39, 0.29) is 17.9 Å². The fraction of sp³-hybridized carbons (Fsp3) is 0.529. The van der Waals surface area contributed by atoms with Crippen molar-refractivity contribution in [2.45, 2.75) is 18.9 Å². The Hall–Kier alpha value is -2.28. The van der Waals surface area contributed by atoms with Crippen LogP contribution in [0.15, 0.2) is 18.2 Å². The van der Waals surface area contributed by atoms with E-state index >= 15 is 0 Å². The van der Waals surface area contributed by atoms with E-state index in [9.17, 15) is 9.59 Å². The highest BCUT2D eigenvalue weighted by Crippen LogP contribution is 2.36. The molecule has 0 aromatic heterocycles. The number of amides is 2. The SMILES string of the molecule is O=C(NC1CCNC1)C1CCN(c2ccc3c(c2)OCCO3)C1=O. The van der Waals surface area contributed by atoms with Crippen molar-refractivity contribution in [3.63, 3.8) is 0 Å². The first kappa shape index (κ1) is 15.3. The maximum absolute atomic E-state index is 12.7. The molecule has 1 aromatic rings. The number of benzene rings is 1. The maximum atomic E-state index is 12.7. The lowest BCUT2D eigenvalue weighted by atomic mass is 10.1. The first-order valence-electron chi connectivity index (χ1n) is 8.44.